The molecule has 0 saturated carbocycles. The van der Waals surface area contributed by atoms with Gasteiger partial charge in [0.15, 0.2) is 17.6 Å². The number of phenolic OH excluding ortho intramolecular Hbond substituents is 1. The molecule has 4 N–H and O–H groups in total. The smallest absolute Gasteiger partial charge is 0.265 e. The van der Waals surface area contributed by atoms with Crippen molar-refractivity contribution in [2.75, 3.05) is 36.9 Å². The van der Waals surface area contributed by atoms with E-state index in [0.29, 0.717) is 24.2 Å². The SMILES string of the molecule is CC(C)c1ccccc1[N+](=CC=Cc1cc(C=CC2=[N+](CCCS(=O)(=O)O)c3ccc4ccccc4c3C2(C)C)cc(C=CC2=[N+](CCCS(=O)(=O)O)c3ccccc3C2(C)C)c1O)CCCS(=O)(=O)O. The highest BCUT2D eigenvalue weighted by Crippen LogP contribution is 2.45. The predicted molar refractivity (Wildman–Crippen MR) is 286 cm³/mol. The van der Waals surface area contributed by atoms with Crippen LogP contribution in [-0.4, -0.2) is 112 Å². The van der Waals surface area contributed by atoms with E-state index in [0.717, 1.165) is 61.5 Å². The van der Waals surface area contributed by atoms with E-state index in [2.05, 4.69) is 75.0 Å². The van der Waals surface area contributed by atoms with Crippen molar-refractivity contribution >= 4 is 94.1 Å². The minimum absolute atomic E-state index is 0.0186. The fraction of sp³-hybridized carbons (Fsp3) is 0.327. The summed E-state index contributed by atoms with van der Waals surface area (Å²) in [5, 5.41) is 14.3. The lowest BCUT2D eigenvalue weighted by Gasteiger charge is -2.17. The van der Waals surface area contributed by atoms with Crippen molar-refractivity contribution in [3.63, 3.8) is 0 Å². The highest BCUT2D eigenvalue weighted by molar-refractivity contribution is 7.86. The Morgan fingerprint density at radius 3 is 1.82 bits per heavy atom. The van der Waals surface area contributed by atoms with Crippen LogP contribution in [0.4, 0.5) is 17.1 Å². The second kappa shape index (κ2) is 21.1. The molecule has 374 valence electrons. The van der Waals surface area contributed by atoms with Crippen LogP contribution in [0.2, 0.25) is 0 Å². The van der Waals surface area contributed by atoms with E-state index in [1.165, 1.54) is 0 Å². The minimum Gasteiger partial charge on any atom is -0.507 e. The Balaban J connectivity index is 1.37. The fourth-order valence-electron chi connectivity index (χ4n) is 10.0. The maximum absolute atomic E-state index is 12.2. The standard InChI is InChI=1S/C55H61N3O10S3/c1-39(2)44-19-9-11-22-47(44)56(31-14-34-69(60,61)62)30-13-18-42-37-40(24-28-51-55(5,6)52-45-20-8-7-17-41(45)25-27-49(52)58(51)33-16-36-71(66,67)68)38-43(53(42)59)26-29-50-54(3,4)46-21-10-12-23-48(46)57(50)32-15-35-70(63,64)65/h7-13,17-30,37-39H,14-16,31-36H2,1-6H3,(H-2,60,61,62,63,64,65,66,67,68)/p+3. The van der Waals surface area contributed by atoms with Gasteiger partial charge in [0.25, 0.3) is 30.4 Å². The van der Waals surface area contributed by atoms with Gasteiger partial charge in [-0.3, -0.25) is 13.7 Å². The molecule has 13 nitrogen and oxygen atoms in total. The lowest BCUT2D eigenvalue weighted by Crippen LogP contribution is -2.28. The van der Waals surface area contributed by atoms with Crippen LogP contribution in [0.25, 0.3) is 29.0 Å². The van der Waals surface area contributed by atoms with E-state index in [-0.39, 0.29) is 37.5 Å². The third-order valence-electron chi connectivity index (χ3n) is 13.4. The molecule has 5 aromatic rings. The minimum atomic E-state index is -4.21. The van der Waals surface area contributed by atoms with Crippen molar-refractivity contribution in [2.45, 2.75) is 77.6 Å². The average Bonchev–Trinajstić information content (AvgIpc) is 3.64. The molecule has 0 unspecified atom stereocenters. The van der Waals surface area contributed by atoms with Crippen molar-refractivity contribution in [3.05, 3.63) is 149 Å². The average molecular weight is 1020 g/mol. The Morgan fingerprint density at radius 2 is 1.15 bits per heavy atom. The Kier molecular flexibility index (Phi) is 15.7. The second-order valence-electron chi connectivity index (χ2n) is 19.6. The second-order valence-corrected chi connectivity index (χ2v) is 24.3. The number of hydrogen-bond donors (Lipinski definition) is 4. The Hall–Kier alpha value is -5.88. The van der Waals surface area contributed by atoms with Crippen LogP contribution in [0.15, 0.2) is 115 Å². The van der Waals surface area contributed by atoms with Gasteiger partial charge in [0, 0.05) is 83.5 Å². The molecular formula is C55H64N3O10S3+3. The molecule has 71 heavy (non-hydrogen) atoms. The number of hydrogen-bond acceptors (Lipinski definition) is 7. The maximum Gasteiger partial charge on any atom is 0.265 e. The lowest BCUT2D eigenvalue weighted by molar-refractivity contribution is -0.437. The van der Waals surface area contributed by atoms with Gasteiger partial charge in [-0.25, -0.2) is 0 Å². The molecule has 0 radical (unpaired) electrons. The van der Waals surface area contributed by atoms with Gasteiger partial charge >= 0.3 is 0 Å². The van der Waals surface area contributed by atoms with Crippen LogP contribution >= 0.6 is 0 Å². The number of benzene rings is 5. The zero-order valence-electron chi connectivity index (χ0n) is 41.0. The monoisotopic (exact) mass is 1020 g/mol. The molecule has 5 aromatic carbocycles. The number of rotatable bonds is 20. The summed E-state index contributed by atoms with van der Waals surface area (Å²) in [4.78, 5) is 0. The number of para-hydroxylation sites is 2. The molecule has 0 bridgehead atoms. The van der Waals surface area contributed by atoms with Crippen LogP contribution in [0.3, 0.4) is 0 Å². The van der Waals surface area contributed by atoms with Crippen molar-refractivity contribution in [3.8, 4) is 5.75 Å². The molecule has 0 amide bonds. The molecule has 0 saturated heterocycles. The first-order valence-electron chi connectivity index (χ1n) is 23.7. The molecule has 0 atom stereocenters. The maximum atomic E-state index is 12.2. The molecule has 7 rings (SSSR count). The highest BCUT2D eigenvalue weighted by atomic mass is 32.2. The topological polar surface area (TPSA) is 192 Å². The molecule has 0 spiro atoms. The van der Waals surface area contributed by atoms with E-state index in [1.54, 1.807) is 12.2 Å². The molecule has 2 aliphatic rings. The van der Waals surface area contributed by atoms with Gasteiger partial charge in [-0.05, 0) is 86.4 Å². The summed E-state index contributed by atoms with van der Waals surface area (Å²) in [7, 11) is -12.6. The molecule has 2 aliphatic heterocycles. The van der Waals surface area contributed by atoms with Gasteiger partial charge < -0.3 is 5.11 Å². The quantitative estimate of drug-likeness (QED) is 0.0331. The molecule has 16 heteroatoms. The summed E-state index contributed by atoms with van der Waals surface area (Å²) in [5.74, 6) is -1.08. The fourth-order valence-corrected chi connectivity index (χ4v) is 11.5. The molecule has 0 fully saturated rings. The first-order valence-corrected chi connectivity index (χ1v) is 28.6. The number of nitrogens with zero attached hydrogens (tertiary/aromatic N) is 3. The Morgan fingerprint density at radius 1 is 0.606 bits per heavy atom. The van der Waals surface area contributed by atoms with Crippen molar-refractivity contribution < 1.29 is 57.7 Å². The largest absolute Gasteiger partial charge is 0.507 e. The van der Waals surface area contributed by atoms with Crippen LogP contribution in [-0.2, 0) is 41.2 Å². The van der Waals surface area contributed by atoms with Crippen molar-refractivity contribution in [2.24, 2.45) is 0 Å². The third-order valence-corrected chi connectivity index (χ3v) is 15.8. The number of aromatic hydroxyl groups is 1. The summed E-state index contributed by atoms with van der Waals surface area (Å²) in [6.45, 7) is 13.5. The lowest BCUT2D eigenvalue weighted by atomic mass is 9.79. The zero-order chi connectivity index (χ0) is 51.5. The van der Waals surface area contributed by atoms with Crippen molar-refractivity contribution in [1.29, 1.82) is 0 Å². The van der Waals surface area contributed by atoms with Crippen LogP contribution in [0, 0.1) is 0 Å². The van der Waals surface area contributed by atoms with Gasteiger partial charge in [-0.15, -0.1) is 0 Å². The third kappa shape index (κ3) is 12.4. The normalized spacial score (nSPS) is 16.2. The van der Waals surface area contributed by atoms with Crippen molar-refractivity contribution in [1.82, 2.24) is 0 Å². The van der Waals surface area contributed by atoms with Crippen LogP contribution < -0.4 is 0 Å². The van der Waals surface area contributed by atoms with E-state index < -0.39 is 58.4 Å². The van der Waals surface area contributed by atoms with Gasteiger partial charge in [-0.1, -0.05) is 74.5 Å². The van der Waals surface area contributed by atoms with E-state index in [4.69, 9.17) is 0 Å². The molecule has 0 aromatic heterocycles. The summed E-state index contributed by atoms with van der Waals surface area (Å²) in [6.07, 6.45) is 13.6. The van der Waals surface area contributed by atoms with Crippen LogP contribution in [0.5, 0.6) is 5.75 Å². The number of phenols is 1. The first-order chi connectivity index (χ1) is 33.4. The van der Waals surface area contributed by atoms with E-state index in [9.17, 15) is 44.0 Å². The summed E-state index contributed by atoms with van der Waals surface area (Å²) < 4.78 is 106. The zero-order valence-corrected chi connectivity index (χ0v) is 43.5. The Labute approximate surface area is 418 Å². The molecule has 0 aliphatic carbocycles. The summed E-state index contributed by atoms with van der Waals surface area (Å²) >= 11 is 0. The van der Waals surface area contributed by atoms with Gasteiger partial charge in [0.1, 0.15) is 25.4 Å². The summed E-state index contributed by atoms with van der Waals surface area (Å²) in [5.41, 5.74) is 8.27. The molecule has 2 heterocycles. The van der Waals surface area contributed by atoms with E-state index >= 15 is 0 Å². The van der Waals surface area contributed by atoms with Gasteiger partial charge in [0.2, 0.25) is 17.1 Å². The molecular weight excluding hydrogens is 959 g/mol. The predicted octanol–water partition coefficient (Wildman–Crippen LogP) is 10.1. The van der Waals surface area contributed by atoms with Gasteiger partial charge in [0.05, 0.1) is 28.1 Å². The summed E-state index contributed by atoms with van der Waals surface area (Å²) in [6, 6.07) is 31.7. The number of fused-ring (bicyclic) bond motifs is 4. The van der Waals surface area contributed by atoms with Gasteiger partial charge in [-0.2, -0.15) is 39.0 Å². The van der Waals surface area contributed by atoms with E-state index in [1.807, 2.05) is 108 Å². The number of allylic oxidation sites excluding steroid dienone is 3. The Bertz CT molecular complexity index is 3420. The highest BCUT2D eigenvalue weighted by Gasteiger charge is 2.46. The van der Waals surface area contributed by atoms with Crippen LogP contribution in [0.1, 0.15) is 100 Å². The first kappa shape index (κ1) is 52.9.